The van der Waals surface area contributed by atoms with Crippen molar-refractivity contribution in [3.05, 3.63) is 23.9 Å². The van der Waals surface area contributed by atoms with Gasteiger partial charge < -0.3 is 4.90 Å². The smallest absolute Gasteiger partial charge is 0.128 e. The average molecular weight is 239 g/mol. The number of aromatic nitrogens is 1. The number of halogens is 1. The summed E-state index contributed by atoms with van der Waals surface area (Å²) >= 11 is 5.76. The Morgan fingerprint density at radius 1 is 1.50 bits per heavy atom. The first-order valence-corrected chi connectivity index (χ1v) is 6.53. The van der Waals surface area contributed by atoms with Crippen molar-refractivity contribution in [3.63, 3.8) is 0 Å². The van der Waals surface area contributed by atoms with Crippen LogP contribution in [0.4, 0.5) is 5.82 Å². The first-order valence-electron chi connectivity index (χ1n) is 6.00. The second-order valence-corrected chi connectivity index (χ2v) is 5.07. The maximum absolute atomic E-state index is 5.76. The number of alkyl halides is 1. The Morgan fingerprint density at radius 2 is 2.31 bits per heavy atom. The lowest BCUT2D eigenvalue weighted by Gasteiger charge is -2.28. The van der Waals surface area contributed by atoms with Gasteiger partial charge in [0.2, 0.25) is 0 Å². The van der Waals surface area contributed by atoms with E-state index < -0.39 is 0 Å². The van der Waals surface area contributed by atoms with Gasteiger partial charge in [0.25, 0.3) is 0 Å². The molecule has 2 heterocycles. The topological polar surface area (TPSA) is 16.1 Å². The van der Waals surface area contributed by atoms with Crippen molar-refractivity contribution in [2.24, 2.45) is 5.92 Å². The highest BCUT2D eigenvalue weighted by Gasteiger charge is 2.27. The van der Waals surface area contributed by atoms with Gasteiger partial charge in [-0.3, -0.25) is 0 Å². The molecule has 16 heavy (non-hydrogen) atoms. The average Bonchev–Trinajstić information content (AvgIpc) is 2.78. The highest BCUT2D eigenvalue weighted by Crippen LogP contribution is 2.28. The van der Waals surface area contributed by atoms with Crippen LogP contribution in [0, 0.1) is 5.92 Å². The van der Waals surface area contributed by atoms with E-state index in [1.165, 1.54) is 12.8 Å². The van der Waals surface area contributed by atoms with Crippen LogP contribution in [-0.4, -0.2) is 17.6 Å². The molecule has 88 valence electrons. The molecule has 0 aromatic carbocycles. The summed E-state index contributed by atoms with van der Waals surface area (Å²) in [7, 11) is 0. The van der Waals surface area contributed by atoms with Gasteiger partial charge in [0.05, 0.1) is 0 Å². The van der Waals surface area contributed by atoms with Crippen LogP contribution >= 0.6 is 11.6 Å². The third kappa shape index (κ3) is 2.32. The van der Waals surface area contributed by atoms with Gasteiger partial charge in [-0.2, -0.15) is 0 Å². The van der Waals surface area contributed by atoms with Gasteiger partial charge in [0.15, 0.2) is 0 Å². The van der Waals surface area contributed by atoms with Crippen LogP contribution in [-0.2, 0) is 5.88 Å². The number of rotatable bonds is 3. The zero-order valence-corrected chi connectivity index (χ0v) is 10.7. The van der Waals surface area contributed by atoms with Crippen molar-refractivity contribution in [3.8, 4) is 0 Å². The lowest BCUT2D eigenvalue weighted by molar-refractivity contribution is 0.489. The van der Waals surface area contributed by atoms with Gasteiger partial charge in [-0.15, -0.1) is 11.6 Å². The molecule has 0 bridgehead atoms. The Balaban J connectivity index is 2.16. The maximum Gasteiger partial charge on any atom is 0.128 e. The molecule has 1 aliphatic heterocycles. The number of anilines is 1. The second-order valence-electron chi connectivity index (χ2n) is 4.81. The van der Waals surface area contributed by atoms with Gasteiger partial charge in [0.1, 0.15) is 5.82 Å². The summed E-state index contributed by atoms with van der Waals surface area (Å²) in [5.41, 5.74) is 1.09. The molecule has 1 saturated heterocycles. The Kier molecular flexibility index (Phi) is 3.70. The molecule has 1 aromatic rings. The summed E-state index contributed by atoms with van der Waals surface area (Å²) in [6.45, 7) is 5.71. The van der Waals surface area contributed by atoms with Crippen molar-refractivity contribution in [2.75, 3.05) is 11.4 Å². The molecule has 3 heteroatoms. The Hall–Kier alpha value is -0.760. The number of hydrogen-bond acceptors (Lipinski definition) is 2. The van der Waals surface area contributed by atoms with Crippen LogP contribution in [0.15, 0.2) is 18.3 Å². The highest BCUT2D eigenvalue weighted by molar-refractivity contribution is 6.17. The summed E-state index contributed by atoms with van der Waals surface area (Å²) in [4.78, 5) is 6.94. The predicted molar refractivity (Wildman–Crippen MR) is 69.0 cm³/mol. The first-order chi connectivity index (χ1) is 7.72. The van der Waals surface area contributed by atoms with Crippen molar-refractivity contribution in [2.45, 2.75) is 38.6 Å². The van der Waals surface area contributed by atoms with E-state index in [1.807, 2.05) is 6.20 Å². The van der Waals surface area contributed by atoms with E-state index in [2.05, 4.69) is 35.9 Å². The summed E-state index contributed by atoms with van der Waals surface area (Å²) in [5.74, 6) is 2.34. The normalized spacial score (nSPS) is 20.8. The standard InChI is InChI=1S/C13H19ClN2/c1-10(2)12-4-3-7-16(12)13-6-5-11(8-14)9-15-13/h5-6,9-10,12H,3-4,7-8H2,1-2H3. The molecule has 0 aliphatic carbocycles. The van der Waals surface area contributed by atoms with Crippen molar-refractivity contribution in [1.82, 2.24) is 4.98 Å². The lowest BCUT2D eigenvalue weighted by Crippen LogP contribution is -2.33. The molecule has 1 unspecified atom stereocenters. The number of nitrogens with zero attached hydrogens (tertiary/aromatic N) is 2. The zero-order valence-electron chi connectivity index (χ0n) is 9.99. The zero-order chi connectivity index (χ0) is 11.5. The molecular formula is C13H19ClN2. The van der Waals surface area contributed by atoms with Crippen LogP contribution in [0.5, 0.6) is 0 Å². The molecular weight excluding hydrogens is 220 g/mol. The predicted octanol–water partition coefficient (Wildman–Crippen LogP) is 3.45. The van der Waals surface area contributed by atoms with Gasteiger partial charge in [0, 0.05) is 24.7 Å². The molecule has 0 spiro atoms. The minimum absolute atomic E-state index is 0.543. The third-order valence-corrected chi connectivity index (χ3v) is 3.64. The van der Waals surface area contributed by atoms with Gasteiger partial charge in [-0.05, 0) is 30.4 Å². The molecule has 0 amide bonds. The highest BCUT2D eigenvalue weighted by atomic mass is 35.5. The van der Waals surface area contributed by atoms with Crippen molar-refractivity contribution >= 4 is 17.4 Å². The minimum atomic E-state index is 0.543. The second kappa shape index (κ2) is 5.05. The molecule has 0 N–H and O–H groups in total. The van der Waals surface area contributed by atoms with E-state index in [1.54, 1.807) is 0 Å². The molecule has 0 radical (unpaired) electrons. The lowest BCUT2D eigenvalue weighted by atomic mass is 10.0. The SMILES string of the molecule is CC(C)C1CCCN1c1ccc(CCl)cn1. The van der Waals surface area contributed by atoms with Crippen molar-refractivity contribution in [1.29, 1.82) is 0 Å². The van der Waals surface area contributed by atoms with Crippen LogP contribution in [0.2, 0.25) is 0 Å². The van der Waals surface area contributed by atoms with Crippen LogP contribution in [0.3, 0.4) is 0 Å². The number of pyridine rings is 1. The molecule has 1 fully saturated rings. The van der Waals surface area contributed by atoms with E-state index >= 15 is 0 Å². The van der Waals surface area contributed by atoms with Crippen molar-refractivity contribution < 1.29 is 0 Å². The van der Waals surface area contributed by atoms with Crippen LogP contribution in [0.25, 0.3) is 0 Å². The molecule has 1 aromatic heterocycles. The Labute approximate surface area is 103 Å². The first kappa shape index (κ1) is 11.7. The summed E-state index contributed by atoms with van der Waals surface area (Å²) in [6.07, 6.45) is 4.45. The molecule has 1 atom stereocenters. The van der Waals surface area contributed by atoms with Crippen LogP contribution < -0.4 is 4.90 Å². The third-order valence-electron chi connectivity index (χ3n) is 3.33. The van der Waals surface area contributed by atoms with Gasteiger partial charge in [-0.1, -0.05) is 19.9 Å². The summed E-state index contributed by atoms with van der Waals surface area (Å²) < 4.78 is 0. The van der Waals surface area contributed by atoms with E-state index in [9.17, 15) is 0 Å². The maximum atomic E-state index is 5.76. The fourth-order valence-corrected chi connectivity index (χ4v) is 2.59. The molecule has 2 rings (SSSR count). The number of hydrogen-bond donors (Lipinski definition) is 0. The van der Waals surface area contributed by atoms with Crippen LogP contribution in [0.1, 0.15) is 32.3 Å². The van der Waals surface area contributed by atoms with Gasteiger partial charge in [-0.25, -0.2) is 4.98 Å². The fraction of sp³-hybridized carbons (Fsp3) is 0.615. The fourth-order valence-electron chi connectivity index (χ4n) is 2.44. The van der Waals surface area contributed by atoms with E-state index in [4.69, 9.17) is 11.6 Å². The van der Waals surface area contributed by atoms with Gasteiger partial charge >= 0.3 is 0 Å². The van der Waals surface area contributed by atoms with E-state index in [-0.39, 0.29) is 0 Å². The van der Waals surface area contributed by atoms with E-state index in [0.717, 1.165) is 17.9 Å². The summed E-state index contributed by atoms with van der Waals surface area (Å²) in [5, 5.41) is 0. The quantitative estimate of drug-likeness (QED) is 0.750. The van der Waals surface area contributed by atoms with E-state index in [0.29, 0.717) is 17.8 Å². The monoisotopic (exact) mass is 238 g/mol. The molecule has 2 nitrogen and oxygen atoms in total. The summed E-state index contributed by atoms with van der Waals surface area (Å²) in [6, 6.07) is 4.82. The Bertz CT molecular complexity index is 334. The Morgan fingerprint density at radius 3 is 2.88 bits per heavy atom. The molecule has 0 saturated carbocycles. The largest absolute Gasteiger partial charge is 0.353 e. The minimum Gasteiger partial charge on any atom is -0.353 e. The molecule has 1 aliphatic rings.